The molecule has 0 saturated carbocycles. The standard InChI is InChI=1S/C16H13N.3C2H6/c1-12-10-13-6-2-3-7-14(13)11-15(12)16-8-4-5-9-17-16;3*1-2/h2-11H,1H3;3*1-2H3. The van der Waals surface area contributed by atoms with Crippen LogP contribution in [-0.4, -0.2) is 4.98 Å². The van der Waals surface area contributed by atoms with E-state index < -0.39 is 0 Å². The minimum atomic E-state index is 1.04. The zero-order valence-electron chi connectivity index (χ0n) is 15.7. The van der Waals surface area contributed by atoms with Gasteiger partial charge in [0.15, 0.2) is 0 Å². The van der Waals surface area contributed by atoms with E-state index in [1.54, 1.807) is 0 Å². The molecule has 0 aliphatic heterocycles. The van der Waals surface area contributed by atoms with E-state index in [-0.39, 0.29) is 0 Å². The van der Waals surface area contributed by atoms with E-state index in [0.29, 0.717) is 0 Å². The number of aryl methyl sites for hydroxylation is 1. The summed E-state index contributed by atoms with van der Waals surface area (Å²) in [4.78, 5) is 4.42. The highest BCUT2D eigenvalue weighted by Gasteiger charge is 2.04. The number of nitrogens with zero attached hydrogens (tertiary/aromatic N) is 1. The fourth-order valence-electron chi connectivity index (χ4n) is 2.15. The van der Waals surface area contributed by atoms with Crippen LogP contribution in [0.5, 0.6) is 0 Å². The predicted octanol–water partition coefficient (Wildman–Crippen LogP) is 7.29. The lowest BCUT2D eigenvalue weighted by atomic mass is 9.99. The fourth-order valence-corrected chi connectivity index (χ4v) is 2.15. The average molecular weight is 309 g/mol. The smallest absolute Gasteiger partial charge is 0.0704 e. The summed E-state index contributed by atoms with van der Waals surface area (Å²) in [7, 11) is 0. The van der Waals surface area contributed by atoms with Crippen molar-refractivity contribution in [2.45, 2.75) is 48.5 Å². The molecule has 0 fully saturated rings. The molecule has 0 N–H and O–H groups in total. The molecule has 0 saturated heterocycles. The maximum Gasteiger partial charge on any atom is 0.0704 e. The second-order valence-electron chi connectivity index (χ2n) is 4.23. The van der Waals surface area contributed by atoms with Gasteiger partial charge in [0.05, 0.1) is 5.69 Å². The van der Waals surface area contributed by atoms with Crippen LogP contribution >= 0.6 is 0 Å². The zero-order chi connectivity index (χ0) is 17.7. The quantitative estimate of drug-likeness (QED) is 0.460. The number of aromatic nitrogens is 1. The Bertz CT molecular complexity index is 657. The van der Waals surface area contributed by atoms with Gasteiger partial charge in [-0.15, -0.1) is 0 Å². The molecule has 124 valence electrons. The van der Waals surface area contributed by atoms with Crippen molar-refractivity contribution in [3.63, 3.8) is 0 Å². The molecule has 3 rings (SSSR count). The molecule has 0 unspecified atom stereocenters. The first-order chi connectivity index (χ1) is 11.3. The van der Waals surface area contributed by atoms with Crippen molar-refractivity contribution in [1.82, 2.24) is 4.98 Å². The van der Waals surface area contributed by atoms with Crippen molar-refractivity contribution in [3.05, 3.63) is 66.4 Å². The summed E-state index contributed by atoms with van der Waals surface area (Å²) >= 11 is 0. The molecule has 0 radical (unpaired) electrons. The van der Waals surface area contributed by atoms with Crippen LogP contribution < -0.4 is 0 Å². The van der Waals surface area contributed by atoms with E-state index in [1.165, 1.54) is 21.9 Å². The molecule has 0 aliphatic carbocycles. The summed E-state index contributed by atoms with van der Waals surface area (Å²) in [5, 5.41) is 2.54. The first-order valence-electron chi connectivity index (χ1n) is 8.75. The summed E-state index contributed by atoms with van der Waals surface area (Å²) in [6.07, 6.45) is 1.84. The van der Waals surface area contributed by atoms with Gasteiger partial charge in [0.2, 0.25) is 0 Å². The molecule has 0 aliphatic rings. The van der Waals surface area contributed by atoms with Crippen molar-refractivity contribution in [1.29, 1.82) is 0 Å². The van der Waals surface area contributed by atoms with E-state index >= 15 is 0 Å². The zero-order valence-corrected chi connectivity index (χ0v) is 15.7. The Morgan fingerprint density at radius 2 is 1.17 bits per heavy atom. The van der Waals surface area contributed by atoms with E-state index in [2.05, 4.69) is 54.4 Å². The van der Waals surface area contributed by atoms with Gasteiger partial charge in [-0.05, 0) is 41.5 Å². The van der Waals surface area contributed by atoms with Crippen LogP contribution in [-0.2, 0) is 0 Å². The maximum absolute atomic E-state index is 4.42. The third-order valence-electron chi connectivity index (χ3n) is 3.03. The van der Waals surface area contributed by atoms with Crippen molar-refractivity contribution in [2.24, 2.45) is 0 Å². The molecule has 2 aromatic carbocycles. The van der Waals surface area contributed by atoms with Crippen molar-refractivity contribution in [3.8, 4) is 11.3 Å². The van der Waals surface area contributed by atoms with Gasteiger partial charge in [-0.1, -0.05) is 77.9 Å². The number of hydrogen-bond acceptors (Lipinski definition) is 1. The summed E-state index contributed by atoms with van der Waals surface area (Å²) in [6.45, 7) is 14.1. The Morgan fingerprint density at radius 3 is 1.70 bits per heavy atom. The summed E-state index contributed by atoms with van der Waals surface area (Å²) in [5.74, 6) is 0. The maximum atomic E-state index is 4.42. The topological polar surface area (TPSA) is 12.9 Å². The Balaban J connectivity index is 0.000000728. The molecule has 23 heavy (non-hydrogen) atoms. The van der Waals surface area contributed by atoms with Gasteiger partial charge in [0, 0.05) is 11.8 Å². The van der Waals surface area contributed by atoms with Crippen molar-refractivity contribution in [2.75, 3.05) is 0 Å². The van der Waals surface area contributed by atoms with Gasteiger partial charge in [0.25, 0.3) is 0 Å². The molecule has 1 heterocycles. The summed E-state index contributed by atoms with van der Waals surface area (Å²) in [6, 6.07) is 18.9. The molecule has 0 spiro atoms. The number of hydrogen-bond donors (Lipinski definition) is 0. The van der Waals surface area contributed by atoms with Gasteiger partial charge in [-0.2, -0.15) is 0 Å². The van der Waals surface area contributed by atoms with Crippen molar-refractivity contribution < 1.29 is 0 Å². The average Bonchev–Trinajstić information content (AvgIpc) is 2.67. The first-order valence-corrected chi connectivity index (χ1v) is 8.75. The lowest BCUT2D eigenvalue weighted by Gasteiger charge is -2.07. The Kier molecular flexibility index (Phi) is 11.2. The Hall–Kier alpha value is -2.15. The normalized spacial score (nSPS) is 8.65. The number of benzene rings is 2. The second kappa shape index (κ2) is 12.4. The summed E-state index contributed by atoms with van der Waals surface area (Å²) in [5.41, 5.74) is 3.52. The van der Waals surface area contributed by atoms with Crippen LogP contribution in [0.15, 0.2) is 60.8 Å². The van der Waals surface area contributed by atoms with E-state index in [9.17, 15) is 0 Å². The molecule has 3 aromatic rings. The monoisotopic (exact) mass is 309 g/mol. The van der Waals surface area contributed by atoms with Crippen LogP contribution in [0.25, 0.3) is 22.0 Å². The molecule has 0 atom stereocenters. The minimum absolute atomic E-state index is 1.04. The number of rotatable bonds is 1. The summed E-state index contributed by atoms with van der Waals surface area (Å²) < 4.78 is 0. The van der Waals surface area contributed by atoms with E-state index in [4.69, 9.17) is 0 Å². The van der Waals surface area contributed by atoms with E-state index in [0.717, 1.165) is 5.69 Å². The number of fused-ring (bicyclic) bond motifs is 1. The van der Waals surface area contributed by atoms with Gasteiger partial charge in [-0.25, -0.2) is 0 Å². The van der Waals surface area contributed by atoms with Gasteiger partial charge < -0.3 is 0 Å². The van der Waals surface area contributed by atoms with Crippen LogP contribution in [0.1, 0.15) is 47.1 Å². The van der Waals surface area contributed by atoms with Crippen LogP contribution in [0.4, 0.5) is 0 Å². The lowest BCUT2D eigenvalue weighted by Crippen LogP contribution is -1.87. The van der Waals surface area contributed by atoms with Crippen LogP contribution in [0.2, 0.25) is 0 Å². The molecule has 1 heteroatoms. The van der Waals surface area contributed by atoms with Gasteiger partial charge in [0.1, 0.15) is 0 Å². The third kappa shape index (κ3) is 5.86. The highest BCUT2D eigenvalue weighted by Crippen LogP contribution is 2.26. The van der Waals surface area contributed by atoms with Crippen LogP contribution in [0.3, 0.4) is 0 Å². The highest BCUT2D eigenvalue weighted by molar-refractivity contribution is 5.88. The lowest BCUT2D eigenvalue weighted by molar-refractivity contribution is 1.31. The fraction of sp³-hybridized carbons (Fsp3) is 0.318. The van der Waals surface area contributed by atoms with Gasteiger partial charge in [-0.3, -0.25) is 4.98 Å². The molecular formula is C22H31N. The predicted molar refractivity (Wildman–Crippen MR) is 106 cm³/mol. The van der Waals surface area contributed by atoms with Gasteiger partial charge >= 0.3 is 0 Å². The largest absolute Gasteiger partial charge is 0.256 e. The molecule has 0 bridgehead atoms. The van der Waals surface area contributed by atoms with Crippen molar-refractivity contribution >= 4 is 10.8 Å². The SMILES string of the molecule is CC.CC.CC.Cc1cc2ccccc2cc1-c1ccccn1. The molecule has 1 aromatic heterocycles. The highest BCUT2D eigenvalue weighted by atomic mass is 14.7. The minimum Gasteiger partial charge on any atom is -0.256 e. The third-order valence-corrected chi connectivity index (χ3v) is 3.03. The first kappa shape index (κ1) is 20.9. The molecule has 0 amide bonds. The number of pyridine rings is 1. The van der Waals surface area contributed by atoms with Crippen LogP contribution in [0, 0.1) is 6.92 Å². The van der Waals surface area contributed by atoms with E-state index in [1.807, 2.05) is 59.9 Å². The Morgan fingerprint density at radius 1 is 0.652 bits per heavy atom. The molecular weight excluding hydrogens is 278 g/mol. The second-order valence-corrected chi connectivity index (χ2v) is 4.23. The molecule has 1 nitrogen and oxygen atoms in total. The Labute approximate surface area is 142 Å².